The molecule has 3 aliphatic rings. The highest BCUT2D eigenvalue weighted by Gasteiger charge is 2.54. The van der Waals surface area contributed by atoms with Gasteiger partial charge < -0.3 is 14.2 Å². The molecule has 0 atom stereocenters. The molecule has 0 spiro atoms. The summed E-state index contributed by atoms with van der Waals surface area (Å²) in [5, 5.41) is 0. The molecule has 0 aliphatic heterocycles. The number of para-hydroxylation sites is 1. The molecular formula is C20H25FO4. The summed E-state index contributed by atoms with van der Waals surface area (Å²) in [7, 11) is 4.55. The third-order valence-electron chi connectivity index (χ3n) is 6.09. The molecule has 1 aromatic carbocycles. The van der Waals surface area contributed by atoms with Crippen LogP contribution in [0.5, 0.6) is 11.5 Å². The van der Waals surface area contributed by atoms with Crippen LogP contribution in [0, 0.1) is 10.8 Å². The first kappa shape index (κ1) is 17.8. The Morgan fingerprint density at radius 1 is 1.00 bits per heavy atom. The van der Waals surface area contributed by atoms with E-state index < -0.39 is 10.8 Å². The first-order chi connectivity index (χ1) is 12.0. The van der Waals surface area contributed by atoms with Crippen LogP contribution < -0.4 is 9.47 Å². The number of fused-ring (bicyclic) bond motifs is 3. The Morgan fingerprint density at radius 3 is 2.12 bits per heavy atom. The number of carbonyl (C=O) groups excluding carboxylic acids is 1. The summed E-state index contributed by atoms with van der Waals surface area (Å²) in [6.45, 7) is 0. The van der Waals surface area contributed by atoms with Gasteiger partial charge in [-0.3, -0.25) is 4.79 Å². The second kappa shape index (κ2) is 6.70. The number of carbonyl (C=O) groups is 1. The highest BCUT2D eigenvalue weighted by Crippen LogP contribution is 2.60. The fraction of sp³-hybridized carbons (Fsp3) is 0.550. The largest absolute Gasteiger partial charge is 0.493 e. The van der Waals surface area contributed by atoms with E-state index in [9.17, 15) is 4.79 Å². The third-order valence-corrected chi connectivity index (χ3v) is 6.09. The first-order valence-corrected chi connectivity index (χ1v) is 8.67. The number of allylic oxidation sites excluding steroid dienone is 1. The highest BCUT2D eigenvalue weighted by atomic mass is 19.1. The molecule has 3 saturated carbocycles. The Morgan fingerprint density at radius 2 is 1.60 bits per heavy atom. The first-order valence-electron chi connectivity index (χ1n) is 8.67. The highest BCUT2D eigenvalue weighted by molar-refractivity contribution is 5.77. The average Bonchev–Trinajstić information content (AvgIpc) is 2.68. The standard InChI is InChI=1S/C20H25FO4/c1-23-15-6-4-5-14(17(15)24-2)13-16(21)19-7-10-20(11-8-19,12-9-19)18(22)25-3/h4-6,13H,7-12H2,1-3H3/b16-13-. The van der Waals surface area contributed by atoms with Crippen LogP contribution >= 0.6 is 0 Å². The molecule has 4 nitrogen and oxygen atoms in total. The van der Waals surface area contributed by atoms with Crippen LogP contribution in [0.1, 0.15) is 44.1 Å². The topological polar surface area (TPSA) is 44.8 Å². The van der Waals surface area contributed by atoms with E-state index in [-0.39, 0.29) is 11.8 Å². The van der Waals surface area contributed by atoms with Gasteiger partial charge in [0.2, 0.25) is 0 Å². The second-order valence-corrected chi connectivity index (χ2v) is 7.13. The molecule has 0 heterocycles. The summed E-state index contributed by atoms with van der Waals surface area (Å²) in [5.74, 6) is 0.850. The van der Waals surface area contributed by atoms with Gasteiger partial charge in [0.15, 0.2) is 11.5 Å². The summed E-state index contributed by atoms with van der Waals surface area (Å²) in [6, 6.07) is 5.43. The molecule has 2 bridgehead atoms. The van der Waals surface area contributed by atoms with Crippen LogP contribution in [0.3, 0.4) is 0 Å². The molecule has 5 heteroatoms. The summed E-state index contributed by atoms with van der Waals surface area (Å²) in [6.07, 6.45) is 5.67. The van der Waals surface area contributed by atoms with Crippen molar-refractivity contribution in [2.75, 3.05) is 21.3 Å². The fourth-order valence-electron chi connectivity index (χ4n) is 4.38. The Hall–Kier alpha value is -2.04. The van der Waals surface area contributed by atoms with Gasteiger partial charge >= 0.3 is 5.97 Å². The molecule has 1 aromatic rings. The predicted octanol–water partition coefficient (Wildman–Crippen LogP) is 4.53. The van der Waals surface area contributed by atoms with Gasteiger partial charge in [-0.05, 0) is 50.7 Å². The predicted molar refractivity (Wildman–Crippen MR) is 93.2 cm³/mol. The quantitative estimate of drug-likeness (QED) is 0.734. The zero-order valence-corrected chi connectivity index (χ0v) is 15.1. The number of ether oxygens (including phenoxy) is 3. The number of rotatable bonds is 5. The van der Waals surface area contributed by atoms with E-state index >= 15 is 4.39 Å². The van der Waals surface area contributed by atoms with Crippen LogP contribution in [0.2, 0.25) is 0 Å². The van der Waals surface area contributed by atoms with E-state index in [1.54, 1.807) is 26.4 Å². The van der Waals surface area contributed by atoms with Gasteiger partial charge in [0.1, 0.15) is 5.83 Å². The Bertz CT molecular complexity index is 670. The van der Waals surface area contributed by atoms with Crippen molar-refractivity contribution in [3.05, 3.63) is 29.6 Å². The number of benzene rings is 1. The zero-order valence-electron chi connectivity index (χ0n) is 15.1. The van der Waals surface area contributed by atoms with Crippen molar-refractivity contribution in [1.29, 1.82) is 0 Å². The number of esters is 1. The molecule has 3 aliphatic carbocycles. The molecule has 25 heavy (non-hydrogen) atoms. The number of hydrogen-bond acceptors (Lipinski definition) is 4. The Balaban J connectivity index is 1.87. The van der Waals surface area contributed by atoms with E-state index in [0.717, 1.165) is 0 Å². The number of methoxy groups -OCH3 is 3. The van der Waals surface area contributed by atoms with Crippen molar-refractivity contribution < 1.29 is 23.4 Å². The average molecular weight is 348 g/mol. The normalized spacial score (nSPS) is 28.6. The Kier molecular flexibility index (Phi) is 4.76. The van der Waals surface area contributed by atoms with Crippen molar-refractivity contribution in [1.82, 2.24) is 0 Å². The smallest absolute Gasteiger partial charge is 0.311 e. The molecule has 0 amide bonds. The van der Waals surface area contributed by atoms with Gasteiger partial charge in [0.05, 0.1) is 26.7 Å². The molecule has 3 fully saturated rings. The van der Waals surface area contributed by atoms with Crippen molar-refractivity contribution in [3.8, 4) is 11.5 Å². The van der Waals surface area contributed by atoms with Crippen molar-refractivity contribution in [3.63, 3.8) is 0 Å². The van der Waals surface area contributed by atoms with E-state index in [0.29, 0.717) is 55.6 Å². The molecule has 0 aromatic heterocycles. The van der Waals surface area contributed by atoms with Gasteiger partial charge in [0.25, 0.3) is 0 Å². The maximum absolute atomic E-state index is 15.3. The minimum Gasteiger partial charge on any atom is -0.493 e. The van der Waals surface area contributed by atoms with Crippen molar-refractivity contribution in [2.24, 2.45) is 10.8 Å². The molecule has 0 unspecified atom stereocenters. The Labute approximate surface area is 148 Å². The number of hydrogen-bond donors (Lipinski definition) is 0. The maximum Gasteiger partial charge on any atom is 0.311 e. The molecule has 0 N–H and O–H groups in total. The van der Waals surface area contributed by atoms with Crippen LogP contribution in [0.25, 0.3) is 6.08 Å². The SMILES string of the molecule is COC(=O)C12CCC(/C(F)=C/c3cccc(OC)c3OC)(CC1)CC2. The zero-order chi connectivity index (χ0) is 18.1. The van der Waals surface area contributed by atoms with Crippen LogP contribution in [-0.2, 0) is 9.53 Å². The fourth-order valence-corrected chi connectivity index (χ4v) is 4.38. The lowest BCUT2D eigenvalue weighted by Gasteiger charge is -2.51. The van der Waals surface area contributed by atoms with E-state index in [4.69, 9.17) is 14.2 Å². The van der Waals surface area contributed by atoms with Crippen molar-refractivity contribution in [2.45, 2.75) is 38.5 Å². The van der Waals surface area contributed by atoms with Crippen molar-refractivity contribution >= 4 is 12.0 Å². The second-order valence-electron chi connectivity index (χ2n) is 7.13. The van der Waals surface area contributed by atoms with Crippen LogP contribution in [-0.4, -0.2) is 27.3 Å². The van der Waals surface area contributed by atoms with E-state index in [2.05, 4.69) is 0 Å². The van der Waals surface area contributed by atoms with Gasteiger partial charge in [-0.2, -0.15) is 0 Å². The molecule has 4 rings (SSSR count). The van der Waals surface area contributed by atoms with Gasteiger partial charge in [-0.1, -0.05) is 12.1 Å². The molecule has 0 radical (unpaired) electrons. The van der Waals surface area contributed by atoms with Crippen LogP contribution in [0.15, 0.2) is 24.0 Å². The number of halogens is 1. The molecule has 136 valence electrons. The van der Waals surface area contributed by atoms with Gasteiger partial charge in [0, 0.05) is 11.0 Å². The minimum atomic E-state index is -0.468. The lowest BCUT2D eigenvalue weighted by molar-refractivity contribution is -0.162. The van der Waals surface area contributed by atoms with Gasteiger partial charge in [-0.25, -0.2) is 4.39 Å². The van der Waals surface area contributed by atoms with Crippen LogP contribution in [0.4, 0.5) is 4.39 Å². The summed E-state index contributed by atoms with van der Waals surface area (Å²) >= 11 is 0. The molecule has 0 saturated heterocycles. The lowest BCUT2D eigenvalue weighted by Crippen LogP contribution is -2.46. The lowest BCUT2D eigenvalue weighted by atomic mass is 9.53. The summed E-state index contributed by atoms with van der Waals surface area (Å²) < 4.78 is 30.9. The summed E-state index contributed by atoms with van der Waals surface area (Å²) in [5.41, 5.74) is -0.196. The maximum atomic E-state index is 15.3. The van der Waals surface area contributed by atoms with E-state index in [1.807, 2.05) is 12.1 Å². The van der Waals surface area contributed by atoms with E-state index in [1.165, 1.54) is 7.11 Å². The third kappa shape index (κ3) is 2.90. The minimum absolute atomic E-state index is 0.128. The molecular weight excluding hydrogens is 323 g/mol. The summed E-state index contributed by atoms with van der Waals surface area (Å²) in [4.78, 5) is 12.1. The van der Waals surface area contributed by atoms with Gasteiger partial charge in [-0.15, -0.1) is 0 Å². The monoisotopic (exact) mass is 348 g/mol.